The minimum atomic E-state index is 0.909. The fourth-order valence-corrected chi connectivity index (χ4v) is 2.01. The van der Waals surface area contributed by atoms with Crippen LogP contribution in [0.3, 0.4) is 0 Å². The van der Waals surface area contributed by atoms with Gasteiger partial charge in [0, 0.05) is 15.3 Å². The largest absolute Gasteiger partial charge is 0.466 e. The van der Waals surface area contributed by atoms with Crippen molar-refractivity contribution in [2.75, 3.05) is 0 Å². The lowest BCUT2D eigenvalue weighted by atomic mass is 10.2. The molecule has 2 aromatic rings. The van der Waals surface area contributed by atoms with Gasteiger partial charge in [0.2, 0.25) is 0 Å². The molecule has 0 amide bonds. The summed E-state index contributed by atoms with van der Waals surface area (Å²) in [5.41, 5.74) is 2.00. The predicted octanol–water partition coefficient (Wildman–Crippen LogP) is 4.25. The van der Waals surface area contributed by atoms with Gasteiger partial charge in [-0.15, -0.1) is 0 Å². The molecule has 0 bridgehead atoms. The molecule has 0 saturated carbocycles. The number of rotatable bonds is 2. The third-order valence-corrected chi connectivity index (χ3v) is 2.91. The Labute approximate surface area is 109 Å². The fraction of sp³-hybridized carbons (Fsp3) is 0.154. The summed E-state index contributed by atoms with van der Waals surface area (Å²) in [6.07, 6.45) is 1.84. The zero-order valence-corrected chi connectivity index (χ0v) is 11.4. The van der Waals surface area contributed by atoms with E-state index in [2.05, 4.69) is 27.6 Å². The van der Waals surface area contributed by atoms with E-state index in [1.54, 1.807) is 0 Å². The SMILES string of the molecule is Cc1cc(C=Nc2cccc(I)c2)c(C)o1. The number of halogens is 1. The van der Waals surface area contributed by atoms with Crippen molar-refractivity contribution in [3.05, 3.63) is 51.0 Å². The molecule has 16 heavy (non-hydrogen) atoms. The van der Waals surface area contributed by atoms with E-state index in [4.69, 9.17) is 4.42 Å². The van der Waals surface area contributed by atoms with Crippen LogP contribution in [0.1, 0.15) is 17.1 Å². The lowest BCUT2D eigenvalue weighted by molar-refractivity contribution is 0.504. The number of benzene rings is 1. The molecule has 2 nitrogen and oxygen atoms in total. The highest BCUT2D eigenvalue weighted by Gasteiger charge is 2.00. The smallest absolute Gasteiger partial charge is 0.109 e. The van der Waals surface area contributed by atoms with Gasteiger partial charge in [0.05, 0.1) is 5.69 Å². The van der Waals surface area contributed by atoms with E-state index >= 15 is 0 Å². The van der Waals surface area contributed by atoms with Crippen LogP contribution in [0.25, 0.3) is 0 Å². The van der Waals surface area contributed by atoms with Crippen molar-refractivity contribution in [3.63, 3.8) is 0 Å². The van der Waals surface area contributed by atoms with Gasteiger partial charge in [0.1, 0.15) is 11.5 Å². The lowest BCUT2D eigenvalue weighted by Crippen LogP contribution is -1.79. The van der Waals surface area contributed by atoms with Crippen LogP contribution in [0.4, 0.5) is 5.69 Å². The Kier molecular flexibility index (Phi) is 3.43. The maximum atomic E-state index is 5.43. The Morgan fingerprint density at radius 1 is 1.25 bits per heavy atom. The van der Waals surface area contributed by atoms with Gasteiger partial charge in [-0.25, -0.2) is 0 Å². The molecule has 0 aliphatic carbocycles. The Hall–Kier alpha value is -1.10. The van der Waals surface area contributed by atoms with Crippen LogP contribution < -0.4 is 0 Å². The molecule has 0 fully saturated rings. The summed E-state index contributed by atoms with van der Waals surface area (Å²) in [7, 11) is 0. The molecule has 0 atom stereocenters. The molecule has 1 aromatic carbocycles. The summed E-state index contributed by atoms with van der Waals surface area (Å²) in [4.78, 5) is 4.42. The first-order valence-electron chi connectivity index (χ1n) is 5.02. The molecular weight excluding hydrogens is 313 g/mol. The quantitative estimate of drug-likeness (QED) is 0.599. The first kappa shape index (κ1) is 11.4. The predicted molar refractivity (Wildman–Crippen MR) is 74.6 cm³/mol. The maximum absolute atomic E-state index is 5.43. The van der Waals surface area contributed by atoms with Gasteiger partial charge < -0.3 is 4.42 Å². The van der Waals surface area contributed by atoms with E-state index in [1.807, 2.05) is 50.4 Å². The van der Waals surface area contributed by atoms with E-state index in [9.17, 15) is 0 Å². The zero-order valence-electron chi connectivity index (χ0n) is 9.20. The highest BCUT2D eigenvalue weighted by Crippen LogP contribution is 2.17. The van der Waals surface area contributed by atoms with Gasteiger partial charge in [0.25, 0.3) is 0 Å². The van der Waals surface area contributed by atoms with E-state index < -0.39 is 0 Å². The summed E-state index contributed by atoms with van der Waals surface area (Å²) in [5.74, 6) is 1.83. The number of hydrogen-bond donors (Lipinski definition) is 0. The molecule has 1 heterocycles. The van der Waals surface area contributed by atoms with Gasteiger partial charge in [-0.1, -0.05) is 6.07 Å². The van der Waals surface area contributed by atoms with Gasteiger partial charge in [-0.2, -0.15) is 0 Å². The normalized spacial score (nSPS) is 11.2. The van der Waals surface area contributed by atoms with E-state index in [0.29, 0.717) is 0 Å². The van der Waals surface area contributed by atoms with Gasteiger partial charge in [0.15, 0.2) is 0 Å². The second-order valence-electron chi connectivity index (χ2n) is 3.61. The van der Waals surface area contributed by atoms with E-state index in [-0.39, 0.29) is 0 Å². The molecule has 0 radical (unpaired) electrons. The summed E-state index contributed by atoms with van der Waals surface area (Å²) in [6, 6.07) is 10.1. The van der Waals surface area contributed by atoms with Crippen molar-refractivity contribution in [2.45, 2.75) is 13.8 Å². The summed E-state index contributed by atoms with van der Waals surface area (Å²) in [5, 5.41) is 0. The molecule has 0 spiro atoms. The molecule has 0 unspecified atom stereocenters. The molecule has 0 aliphatic rings. The van der Waals surface area contributed by atoms with Crippen LogP contribution >= 0.6 is 22.6 Å². The summed E-state index contributed by atoms with van der Waals surface area (Å²) in [6.45, 7) is 3.89. The van der Waals surface area contributed by atoms with Crippen LogP contribution in [0.2, 0.25) is 0 Å². The zero-order chi connectivity index (χ0) is 11.5. The average Bonchev–Trinajstić information content (AvgIpc) is 2.54. The second-order valence-corrected chi connectivity index (χ2v) is 4.85. The number of hydrogen-bond acceptors (Lipinski definition) is 2. The molecule has 0 N–H and O–H groups in total. The van der Waals surface area contributed by atoms with Crippen molar-refractivity contribution < 1.29 is 4.42 Å². The minimum absolute atomic E-state index is 0.909. The Morgan fingerprint density at radius 3 is 2.69 bits per heavy atom. The molecule has 82 valence electrons. The van der Waals surface area contributed by atoms with Gasteiger partial charge in [-0.05, 0) is 60.7 Å². The van der Waals surface area contributed by atoms with Crippen LogP contribution in [-0.2, 0) is 0 Å². The molecule has 3 heteroatoms. The topological polar surface area (TPSA) is 25.5 Å². The Bertz CT molecular complexity index is 528. The number of furan rings is 1. The molecular formula is C13H12INO. The highest BCUT2D eigenvalue weighted by atomic mass is 127. The standard InChI is InChI=1S/C13H12INO/c1-9-6-11(10(2)16-9)8-15-13-5-3-4-12(14)7-13/h3-8H,1-2H3. The highest BCUT2D eigenvalue weighted by molar-refractivity contribution is 14.1. The average molecular weight is 325 g/mol. The number of aliphatic imine (C=N–C) groups is 1. The van der Waals surface area contributed by atoms with Crippen molar-refractivity contribution in [1.29, 1.82) is 0 Å². The third kappa shape index (κ3) is 2.72. The molecule has 0 saturated heterocycles. The Balaban J connectivity index is 2.24. The van der Waals surface area contributed by atoms with Crippen LogP contribution in [-0.4, -0.2) is 6.21 Å². The summed E-state index contributed by atoms with van der Waals surface area (Å²) >= 11 is 2.28. The van der Waals surface area contributed by atoms with Gasteiger partial charge in [-0.3, -0.25) is 4.99 Å². The first-order chi connectivity index (χ1) is 7.65. The molecule has 1 aromatic heterocycles. The van der Waals surface area contributed by atoms with E-state index in [1.165, 1.54) is 3.57 Å². The fourth-order valence-electron chi connectivity index (χ4n) is 1.48. The van der Waals surface area contributed by atoms with Crippen LogP contribution in [0.15, 0.2) is 39.7 Å². The summed E-state index contributed by atoms with van der Waals surface area (Å²) < 4.78 is 6.62. The molecule has 2 rings (SSSR count). The molecule has 0 aliphatic heterocycles. The second kappa shape index (κ2) is 4.82. The van der Waals surface area contributed by atoms with Crippen molar-refractivity contribution in [2.24, 2.45) is 4.99 Å². The van der Waals surface area contributed by atoms with Crippen LogP contribution in [0, 0.1) is 17.4 Å². The lowest BCUT2D eigenvalue weighted by Gasteiger charge is -1.93. The minimum Gasteiger partial charge on any atom is -0.466 e. The number of aryl methyl sites for hydroxylation is 2. The third-order valence-electron chi connectivity index (χ3n) is 2.24. The van der Waals surface area contributed by atoms with Crippen molar-refractivity contribution in [1.82, 2.24) is 0 Å². The monoisotopic (exact) mass is 325 g/mol. The van der Waals surface area contributed by atoms with Crippen molar-refractivity contribution >= 4 is 34.5 Å². The maximum Gasteiger partial charge on any atom is 0.109 e. The van der Waals surface area contributed by atoms with Crippen molar-refractivity contribution in [3.8, 4) is 0 Å². The van der Waals surface area contributed by atoms with Gasteiger partial charge >= 0.3 is 0 Å². The first-order valence-corrected chi connectivity index (χ1v) is 6.10. The van der Waals surface area contributed by atoms with Crippen LogP contribution in [0.5, 0.6) is 0 Å². The van der Waals surface area contributed by atoms with E-state index in [0.717, 1.165) is 22.8 Å². The number of nitrogens with zero attached hydrogens (tertiary/aromatic N) is 1. The Morgan fingerprint density at radius 2 is 2.06 bits per heavy atom.